The van der Waals surface area contributed by atoms with E-state index in [9.17, 15) is 13.2 Å². The summed E-state index contributed by atoms with van der Waals surface area (Å²) in [7, 11) is 0. The van der Waals surface area contributed by atoms with Crippen molar-refractivity contribution in [1.29, 1.82) is 0 Å². The topological polar surface area (TPSA) is 38.0 Å². The zero-order valence-electron chi connectivity index (χ0n) is 6.69. The lowest BCUT2D eigenvalue weighted by molar-refractivity contribution is -0.171. The molecule has 0 saturated carbocycles. The number of rotatable bonds is 1. The molecule has 2 unspecified atom stereocenters. The lowest BCUT2D eigenvalue weighted by Crippen LogP contribution is -2.52. The standard InChI is InChI=1S/C7H13F3N2/c8-7(9,10)6-5(4-11)2-1-3-12-6/h5-6,12H,1-4,11H2. The molecule has 2 nitrogen and oxygen atoms in total. The fourth-order valence-electron chi connectivity index (χ4n) is 1.59. The molecule has 0 aromatic carbocycles. The Bertz CT molecular complexity index is 146. The van der Waals surface area contributed by atoms with E-state index in [1.807, 2.05) is 0 Å². The van der Waals surface area contributed by atoms with Crippen molar-refractivity contribution in [2.75, 3.05) is 13.1 Å². The fourth-order valence-corrected chi connectivity index (χ4v) is 1.59. The molecule has 0 bridgehead atoms. The van der Waals surface area contributed by atoms with E-state index in [1.165, 1.54) is 0 Å². The van der Waals surface area contributed by atoms with Crippen LogP contribution in [0.3, 0.4) is 0 Å². The van der Waals surface area contributed by atoms with Gasteiger partial charge in [0, 0.05) is 0 Å². The molecule has 1 aliphatic rings. The molecule has 12 heavy (non-hydrogen) atoms. The average molecular weight is 182 g/mol. The van der Waals surface area contributed by atoms with Crippen molar-refractivity contribution < 1.29 is 13.2 Å². The Hall–Kier alpha value is -0.290. The number of hydrogen-bond donors (Lipinski definition) is 2. The Labute approximate surface area is 69.3 Å². The number of nitrogens with two attached hydrogens (primary N) is 1. The van der Waals surface area contributed by atoms with E-state index >= 15 is 0 Å². The van der Waals surface area contributed by atoms with Crippen LogP contribution in [0.25, 0.3) is 0 Å². The Kier molecular flexibility index (Phi) is 2.95. The van der Waals surface area contributed by atoms with Gasteiger partial charge in [0.2, 0.25) is 0 Å². The maximum Gasteiger partial charge on any atom is 0.404 e. The quantitative estimate of drug-likeness (QED) is 0.631. The first-order valence-corrected chi connectivity index (χ1v) is 4.06. The van der Waals surface area contributed by atoms with Gasteiger partial charge >= 0.3 is 6.18 Å². The third-order valence-corrected chi connectivity index (χ3v) is 2.24. The SMILES string of the molecule is NCC1CCCNC1C(F)(F)F. The van der Waals surface area contributed by atoms with E-state index in [1.54, 1.807) is 0 Å². The number of hydrogen-bond acceptors (Lipinski definition) is 2. The van der Waals surface area contributed by atoms with Gasteiger partial charge in [-0.05, 0) is 31.8 Å². The number of piperidine rings is 1. The van der Waals surface area contributed by atoms with E-state index in [2.05, 4.69) is 5.32 Å². The first-order chi connectivity index (χ1) is 5.55. The van der Waals surface area contributed by atoms with Crippen molar-refractivity contribution in [2.45, 2.75) is 25.1 Å². The first kappa shape index (κ1) is 9.80. The lowest BCUT2D eigenvalue weighted by Gasteiger charge is -2.33. The third-order valence-electron chi connectivity index (χ3n) is 2.24. The lowest BCUT2D eigenvalue weighted by atomic mass is 9.90. The highest BCUT2D eigenvalue weighted by atomic mass is 19.4. The predicted octanol–water partition coefficient (Wildman–Crippen LogP) is 0.876. The van der Waals surface area contributed by atoms with Crippen LogP contribution in [-0.2, 0) is 0 Å². The molecular formula is C7H13F3N2. The molecule has 3 N–H and O–H groups in total. The van der Waals surface area contributed by atoms with Gasteiger partial charge in [-0.15, -0.1) is 0 Å². The van der Waals surface area contributed by atoms with E-state index in [0.29, 0.717) is 13.0 Å². The minimum Gasteiger partial charge on any atom is -0.330 e. The highest BCUT2D eigenvalue weighted by molar-refractivity contribution is 4.86. The van der Waals surface area contributed by atoms with Crippen LogP contribution >= 0.6 is 0 Å². The molecule has 0 aliphatic carbocycles. The molecule has 2 atom stereocenters. The minimum atomic E-state index is -4.15. The highest BCUT2D eigenvalue weighted by Crippen LogP contribution is 2.29. The molecule has 1 aliphatic heterocycles. The molecule has 0 amide bonds. The summed E-state index contributed by atoms with van der Waals surface area (Å²) in [6.07, 6.45) is -2.79. The Balaban J connectivity index is 2.59. The average Bonchev–Trinajstić information content (AvgIpc) is 2.03. The van der Waals surface area contributed by atoms with Crippen LogP contribution < -0.4 is 11.1 Å². The number of nitrogens with one attached hydrogen (secondary N) is 1. The van der Waals surface area contributed by atoms with Crippen molar-refractivity contribution in [3.05, 3.63) is 0 Å². The van der Waals surface area contributed by atoms with Crippen molar-refractivity contribution in [3.63, 3.8) is 0 Å². The van der Waals surface area contributed by atoms with Gasteiger partial charge in [-0.25, -0.2) is 0 Å². The number of halogens is 3. The van der Waals surface area contributed by atoms with Gasteiger partial charge in [0.15, 0.2) is 0 Å². The van der Waals surface area contributed by atoms with Gasteiger partial charge in [0.05, 0.1) is 0 Å². The molecule has 0 aromatic heterocycles. The molecule has 1 heterocycles. The second kappa shape index (κ2) is 3.62. The van der Waals surface area contributed by atoms with Crippen LogP contribution in [-0.4, -0.2) is 25.3 Å². The summed E-state index contributed by atoms with van der Waals surface area (Å²) >= 11 is 0. The van der Waals surface area contributed by atoms with Gasteiger partial charge in [-0.3, -0.25) is 0 Å². The van der Waals surface area contributed by atoms with Gasteiger partial charge in [-0.2, -0.15) is 13.2 Å². The van der Waals surface area contributed by atoms with Crippen LogP contribution in [0.5, 0.6) is 0 Å². The first-order valence-electron chi connectivity index (χ1n) is 4.06. The minimum absolute atomic E-state index is 0.108. The summed E-state index contributed by atoms with van der Waals surface area (Å²) in [6, 6.07) is -1.39. The van der Waals surface area contributed by atoms with Crippen LogP contribution in [0.1, 0.15) is 12.8 Å². The molecule has 72 valence electrons. The summed E-state index contributed by atoms with van der Waals surface area (Å²) in [4.78, 5) is 0. The second-order valence-corrected chi connectivity index (χ2v) is 3.11. The van der Waals surface area contributed by atoms with Gasteiger partial charge in [-0.1, -0.05) is 0 Å². The maximum absolute atomic E-state index is 12.3. The maximum atomic E-state index is 12.3. The molecule has 1 fully saturated rings. The Morgan fingerprint density at radius 2 is 2.08 bits per heavy atom. The highest BCUT2D eigenvalue weighted by Gasteiger charge is 2.44. The predicted molar refractivity (Wildman–Crippen MR) is 39.6 cm³/mol. The largest absolute Gasteiger partial charge is 0.404 e. The third kappa shape index (κ3) is 2.10. The molecule has 0 radical (unpaired) electrons. The monoisotopic (exact) mass is 182 g/mol. The smallest absolute Gasteiger partial charge is 0.330 e. The molecule has 0 spiro atoms. The van der Waals surface area contributed by atoms with Crippen LogP contribution in [0.4, 0.5) is 13.2 Å². The molecule has 1 saturated heterocycles. The van der Waals surface area contributed by atoms with Gasteiger partial charge in [0.1, 0.15) is 6.04 Å². The summed E-state index contributed by atoms with van der Waals surface area (Å²) < 4.78 is 36.8. The zero-order chi connectivity index (χ0) is 9.19. The van der Waals surface area contributed by atoms with E-state index in [-0.39, 0.29) is 6.54 Å². The fraction of sp³-hybridized carbons (Fsp3) is 1.00. The van der Waals surface area contributed by atoms with E-state index < -0.39 is 18.1 Å². The molecule has 5 heteroatoms. The van der Waals surface area contributed by atoms with E-state index in [0.717, 1.165) is 6.42 Å². The summed E-state index contributed by atoms with van der Waals surface area (Å²) in [5.74, 6) is -0.446. The van der Waals surface area contributed by atoms with E-state index in [4.69, 9.17) is 5.73 Å². The summed E-state index contributed by atoms with van der Waals surface area (Å²) in [5, 5.41) is 2.46. The summed E-state index contributed by atoms with van der Waals surface area (Å²) in [5.41, 5.74) is 5.25. The van der Waals surface area contributed by atoms with Crippen LogP contribution in [0.2, 0.25) is 0 Å². The van der Waals surface area contributed by atoms with Crippen LogP contribution in [0.15, 0.2) is 0 Å². The zero-order valence-corrected chi connectivity index (χ0v) is 6.69. The number of alkyl halides is 3. The second-order valence-electron chi connectivity index (χ2n) is 3.11. The summed E-state index contributed by atoms with van der Waals surface area (Å²) in [6.45, 7) is 0.553. The van der Waals surface area contributed by atoms with Crippen molar-refractivity contribution in [3.8, 4) is 0 Å². The molecule has 0 aromatic rings. The van der Waals surface area contributed by atoms with Gasteiger partial charge in [0.25, 0.3) is 0 Å². The van der Waals surface area contributed by atoms with Crippen molar-refractivity contribution in [2.24, 2.45) is 11.7 Å². The van der Waals surface area contributed by atoms with Crippen LogP contribution in [0, 0.1) is 5.92 Å². The Morgan fingerprint density at radius 1 is 1.42 bits per heavy atom. The van der Waals surface area contributed by atoms with Crippen molar-refractivity contribution in [1.82, 2.24) is 5.32 Å². The molecule has 1 rings (SSSR count). The molecular weight excluding hydrogens is 169 g/mol. The Morgan fingerprint density at radius 3 is 2.50 bits per heavy atom. The van der Waals surface area contributed by atoms with Crippen molar-refractivity contribution >= 4 is 0 Å². The normalized spacial score (nSPS) is 32.0. The van der Waals surface area contributed by atoms with Gasteiger partial charge < -0.3 is 11.1 Å².